The summed E-state index contributed by atoms with van der Waals surface area (Å²) in [7, 11) is 1.75. The summed E-state index contributed by atoms with van der Waals surface area (Å²) in [5.41, 5.74) is 2.14. The van der Waals surface area contributed by atoms with Crippen molar-refractivity contribution in [2.45, 2.75) is 57.7 Å². The maximum atomic E-state index is 9.63. The molecule has 4 nitrogen and oxygen atoms in total. The van der Waals surface area contributed by atoms with Crippen LogP contribution in [0.25, 0.3) is 0 Å². The summed E-state index contributed by atoms with van der Waals surface area (Å²) < 4.78 is 12.2. The molecule has 2 aliphatic rings. The van der Waals surface area contributed by atoms with Gasteiger partial charge in [-0.25, -0.2) is 0 Å². The Balaban J connectivity index is 1.84. The second-order valence-corrected chi connectivity index (χ2v) is 8.12. The minimum absolute atomic E-state index is 0.364. The van der Waals surface area contributed by atoms with E-state index in [1.54, 1.807) is 0 Å². The van der Waals surface area contributed by atoms with Crippen molar-refractivity contribution < 1.29 is 9.31 Å². The van der Waals surface area contributed by atoms with Gasteiger partial charge in [0.1, 0.15) is 0 Å². The van der Waals surface area contributed by atoms with Gasteiger partial charge in [0, 0.05) is 0 Å². The van der Waals surface area contributed by atoms with Crippen LogP contribution in [0.15, 0.2) is 18.2 Å². The monoisotopic (exact) mass is 326 g/mol. The summed E-state index contributed by atoms with van der Waals surface area (Å²) in [6.07, 6.45) is 2.22. The van der Waals surface area contributed by atoms with E-state index < -0.39 is 7.12 Å². The molecule has 128 valence electrons. The first-order valence-electron chi connectivity index (χ1n) is 8.81. The van der Waals surface area contributed by atoms with Crippen molar-refractivity contribution in [2.75, 3.05) is 20.1 Å². The van der Waals surface area contributed by atoms with Crippen LogP contribution >= 0.6 is 0 Å². The molecular weight excluding hydrogens is 299 g/mol. The van der Waals surface area contributed by atoms with Crippen LogP contribution in [0.2, 0.25) is 0 Å². The first-order chi connectivity index (χ1) is 11.2. The van der Waals surface area contributed by atoms with Crippen molar-refractivity contribution >= 4 is 12.6 Å². The second kappa shape index (κ2) is 6.18. The molecule has 5 heteroatoms. The molecule has 2 fully saturated rings. The Bertz CT molecular complexity index is 642. The van der Waals surface area contributed by atoms with Crippen LogP contribution in [0.3, 0.4) is 0 Å². The Labute approximate surface area is 145 Å². The van der Waals surface area contributed by atoms with Crippen LogP contribution in [0, 0.1) is 11.3 Å². The van der Waals surface area contributed by atoms with Gasteiger partial charge in [0.2, 0.25) is 0 Å². The Morgan fingerprint density at radius 1 is 1.12 bits per heavy atom. The lowest BCUT2D eigenvalue weighted by Crippen LogP contribution is -2.41. The molecule has 0 amide bonds. The molecule has 0 atom stereocenters. The Morgan fingerprint density at radius 3 is 2.25 bits per heavy atom. The van der Waals surface area contributed by atoms with Gasteiger partial charge in [-0.2, -0.15) is 5.26 Å². The molecule has 0 radical (unpaired) electrons. The summed E-state index contributed by atoms with van der Waals surface area (Å²) in [4.78, 5) is 2.35. The van der Waals surface area contributed by atoms with Gasteiger partial charge >= 0.3 is 7.12 Å². The van der Waals surface area contributed by atoms with Gasteiger partial charge in [0.25, 0.3) is 0 Å². The van der Waals surface area contributed by atoms with Crippen LogP contribution in [-0.4, -0.2) is 43.4 Å². The smallest absolute Gasteiger partial charge is 0.399 e. The minimum atomic E-state index is -0.409. The largest absolute Gasteiger partial charge is 0.494 e. The van der Waals surface area contributed by atoms with Crippen molar-refractivity contribution in [2.24, 2.45) is 0 Å². The molecule has 0 aliphatic carbocycles. The SMILES string of the molecule is CN1CCC(c2ccc(B3OC(C)(C)C(C)(C)O3)cc2C#N)CC1. The fraction of sp³-hybridized carbons (Fsp3) is 0.632. The molecule has 0 saturated carbocycles. The average Bonchev–Trinajstić information content (AvgIpc) is 2.76. The molecular formula is C19H27BN2O2. The highest BCUT2D eigenvalue weighted by Crippen LogP contribution is 2.37. The zero-order chi connectivity index (χ0) is 17.5. The molecule has 1 aromatic carbocycles. The molecule has 0 bridgehead atoms. The summed E-state index contributed by atoms with van der Waals surface area (Å²) in [5, 5.41) is 9.63. The number of rotatable bonds is 2. The van der Waals surface area contributed by atoms with Gasteiger partial charge in [-0.15, -0.1) is 0 Å². The molecule has 3 rings (SSSR count). The fourth-order valence-electron chi connectivity index (χ4n) is 3.47. The molecule has 2 saturated heterocycles. The number of hydrogen-bond acceptors (Lipinski definition) is 4. The number of nitriles is 1. The van der Waals surface area contributed by atoms with Crippen LogP contribution in [0.4, 0.5) is 0 Å². The van der Waals surface area contributed by atoms with E-state index in [4.69, 9.17) is 9.31 Å². The molecule has 0 aromatic heterocycles. The zero-order valence-electron chi connectivity index (χ0n) is 15.4. The van der Waals surface area contributed by atoms with Gasteiger partial charge in [-0.05, 0) is 83.7 Å². The Hall–Kier alpha value is -1.35. The Kier molecular flexibility index (Phi) is 4.50. The van der Waals surface area contributed by atoms with E-state index in [0.29, 0.717) is 5.92 Å². The van der Waals surface area contributed by atoms with E-state index in [9.17, 15) is 5.26 Å². The minimum Gasteiger partial charge on any atom is -0.399 e. The van der Waals surface area contributed by atoms with E-state index in [1.165, 1.54) is 5.56 Å². The number of piperidine rings is 1. The molecule has 24 heavy (non-hydrogen) atoms. The molecule has 2 aliphatic heterocycles. The van der Waals surface area contributed by atoms with E-state index >= 15 is 0 Å². The zero-order valence-corrected chi connectivity index (χ0v) is 15.4. The highest BCUT2D eigenvalue weighted by Gasteiger charge is 2.51. The van der Waals surface area contributed by atoms with Crippen molar-refractivity contribution in [3.63, 3.8) is 0 Å². The van der Waals surface area contributed by atoms with E-state index in [-0.39, 0.29) is 11.2 Å². The number of nitrogens with zero attached hydrogens (tertiary/aromatic N) is 2. The molecule has 1 aromatic rings. The summed E-state index contributed by atoms with van der Waals surface area (Å²) in [5.74, 6) is 0.475. The van der Waals surface area contributed by atoms with Crippen molar-refractivity contribution in [3.05, 3.63) is 29.3 Å². The van der Waals surface area contributed by atoms with E-state index in [0.717, 1.165) is 37.0 Å². The third-order valence-electron chi connectivity index (χ3n) is 5.88. The molecule has 0 N–H and O–H groups in total. The van der Waals surface area contributed by atoms with Gasteiger partial charge in [-0.3, -0.25) is 0 Å². The maximum Gasteiger partial charge on any atom is 0.494 e. The lowest BCUT2D eigenvalue weighted by molar-refractivity contribution is 0.00578. The van der Waals surface area contributed by atoms with Gasteiger partial charge < -0.3 is 14.2 Å². The lowest BCUT2D eigenvalue weighted by atomic mass is 9.76. The number of benzene rings is 1. The third kappa shape index (κ3) is 3.11. The van der Waals surface area contributed by atoms with Crippen LogP contribution in [0.5, 0.6) is 0 Å². The topological polar surface area (TPSA) is 45.5 Å². The summed E-state index contributed by atoms with van der Waals surface area (Å²) in [6, 6.07) is 8.51. The normalized spacial score (nSPS) is 24.1. The summed E-state index contributed by atoms with van der Waals surface area (Å²) in [6.45, 7) is 10.4. The predicted molar refractivity (Wildman–Crippen MR) is 96.3 cm³/mol. The van der Waals surface area contributed by atoms with E-state index in [1.807, 2.05) is 33.8 Å². The number of likely N-dealkylation sites (tertiary alicyclic amines) is 1. The van der Waals surface area contributed by atoms with Crippen molar-refractivity contribution in [1.82, 2.24) is 4.90 Å². The Morgan fingerprint density at radius 2 is 1.71 bits per heavy atom. The van der Waals surface area contributed by atoms with Crippen molar-refractivity contribution in [1.29, 1.82) is 5.26 Å². The van der Waals surface area contributed by atoms with Crippen LogP contribution in [-0.2, 0) is 9.31 Å². The van der Waals surface area contributed by atoms with Gasteiger partial charge in [0.05, 0.1) is 22.8 Å². The van der Waals surface area contributed by atoms with Gasteiger partial charge in [-0.1, -0.05) is 12.1 Å². The quantitative estimate of drug-likeness (QED) is 0.784. The summed E-state index contributed by atoms with van der Waals surface area (Å²) >= 11 is 0. The van der Waals surface area contributed by atoms with Crippen molar-refractivity contribution in [3.8, 4) is 6.07 Å². The number of hydrogen-bond donors (Lipinski definition) is 0. The van der Waals surface area contributed by atoms with E-state index in [2.05, 4.69) is 30.1 Å². The van der Waals surface area contributed by atoms with Crippen LogP contribution < -0.4 is 5.46 Å². The predicted octanol–water partition coefficient (Wildman–Crippen LogP) is 2.67. The maximum absolute atomic E-state index is 9.63. The molecule has 0 unspecified atom stereocenters. The fourth-order valence-corrected chi connectivity index (χ4v) is 3.47. The second-order valence-electron chi connectivity index (χ2n) is 8.12. The van der Waals surface area contributed by atoms with Gasteiger partial charge in [0.15, 0.2) is 0 Å². The lowest BCUT2D eigenvalue weighted by Gasteiger charge is -2.32. The highest BCUT2D eigenvalue weighted by molar-refractivity contribution is 6.62. The van der Waals surface area contributed by atoms with Crippen LogP contribution in [0.1, 0.15) is 57.6 Å². The third-order valence-corrected chi connectivity index (χ3v) is 5.88. The molecule has 0 spiro atoms. The molecule has 2 heterocycles. The average molecular weight is 326 g/mol. The standard InChI is InChI=1S/C19H27BN2O2/c1-18(2)19(3,4)24-20(23-18)16-6-7-17(15(12-16)13-21)14-8-10-22(5)11-9-14/h6-7,12,14H,8-11H2,1-5H3. The highest BCUT2D eigenvalue weighted by atomic mass is 16.7. The first kappa shape index (κ1) is 17.5. The first-order valence-corrected chi connectivity index (χ1v) is 8.81.